The van der Waals surface area contributed by atoms with Crippen LogP contribution in [-0.2, 0) is 28.5 Å². The number of nitrogens with two attached hydrogens (primary N) is 2. The lowest BCUT2D eigenvalue weighted by molar-refractivity contribution is -0.127. The molecule has 9 aromatic rings. The maximum atomic E-state index is 13.1. The van der Waals surface area contributed by atoms with Crippen molar-refractivity contribution in [3.63, 3.8) is 0 Å². The highest BCUT2D eigenvalue weighted by Gasteiger charge is 2.16. The number of halogens is 2. The number of benzene rings is 5. The topological polar surface area (TPSA) is 305 Å². The van der Waals surface area contributed by atoms with E-state index in [9.17, 15) is 43.2 Å². The highest BCUT2D eigenvalue weighted by molar-refractivity contribution is 6.97. The van der Waals surface area contributed by atoms with Crippen LogP contribution in [0.2, 0.25) is 0 Å². The lowest BCUT2D eigenvalue weighted by atomic mass is 9.99. The summed E-state index contributed by atoms with van der Waals surface area (Å²) in [5, 5.41) is 4.46. The molecule has 0 aliphatic heterocycles. The molecule has 5 aromatic carbocycles. The molecule has 6 N–H and O–H groups in total. The van der Waals surface area contributed by atoms with Crippen molar-refractivity contribution < 1.29 is 47.8 Å². The summed E-state index contributed by atoms with van der Waals surface area (Å²) in [7, 11) is 8.14. The third-order valence-electron chi connectivity index (χ3n) is 12.4. The summed E-state index contributed by atoms with van der Waals surface area (Å²) in [6.45, 7) is 7.66. The van der Waals surface area contributed by atoms with E-state index in [2.05, 4.69) is 48.8 Å². The van der Waals surface area contributed by atoms with Crippen molar-refractivity contribution in [3.05, 3.63) is 206 Å². The van der Waals surface area contributed by atoms with Crippen molar-refractivity contribution in [1.29, 1.82) is 0 Å². The van der Waals surface area contributed by atoms with E-state index >= 15 is 0 Å². The van der Waals surface area contributed by atoms with Crippen molar-refractivity contribution in [3.8, 4) is 39.5 Å². The van der Waals surface area contributed by atoms with Crippen LogP contribution in [0.5, 0.6) is 17.2 Å². The van der Waals surface area contributed by atoms with Gasteiger partial charge in [0.05, 0.1) is 32.4 Å². The van der Waals surface area contributed by atoms with E-state index in [0.717, 1.165) is 55.6 Å². The summed E-state index contributed by atoms with van der Waals surface area (Å²) in [6.07, 6.45) is 4.73. The van der Waals surface area contributed by atoms with Gasteiger partial charge in [-0.3, -0.25) is 48.8 Å². The van der Waals surface area contributed by atoms with Gasteiger partial charge in [0.25, 0.3) is 22.9 Å². The highest BCUT2D eigenvalue weighted by atomic mass is 35.5. The van der Waals surface area contributed by atoms with Gasteiger partial charge in [0.15, 0.2) is 0 Å². The number of nitrogens with zero attached hydrogens (tertiary/aromatic N) is 5. The van der Waals surface area contributed by atoms with Crippen LogP contribution in [0.15, 0.2) is 160 Å². The first-order valence-corrected chi connectivity index (χ1v) is 25.9. The summed E-state index contributed by atoms with van der Waals surface area (Å²) >= 11 is 8.98. The predicted octanol–water partition coefficient (Wildman–Crippen LogP) is 9.47. The number of anilines is 2. The number of nitrogen functional groups attached to an aromatic ring is 1. The summed E-state index contributed by atoms with van der Waals surface area (Å²) in [4.78, 5) is 112. The molecule has 0 saturated heterocycles. The number of carbonyl (C=O) groups excluding carboxylic acids is 7. The number of aryl methyl sites for hydroxylation is 6. The molecule has 4 heterocycles. The molecule has 0 atom stereocenters. The Bertz CT molecular complexity index is 4130. The fraction of sp³-hybridized carbons (Fsp3) is 0.145. The van der Waals surface area contributed by atoms with E-state index in [4.69, 9.17) is 25.7 Å². The number of nitrogens with one attached hydrogen (secondary N) is 2. The molecule has 0 unspecified atom stereocenters. The predicted molar refractivity (Wildman–Crippen MR) is 326 cm³/mol. The number of fused-ring (bicyclic) bond motifs is 2. The Kier molecular flexibility index (Phi) is 23.4. The number of primary amides is 1. The molecule has 9 rings (SSSR count). The summed E-state index contributed by atoms with van der Waals surface area (Å²) in [6, 6.07) is 37.0. The summed E-state index contributed by atoms with van der Waals surface area (Å²) in [5.41, 5.74) is 21.0. The number of rotatable bonds is 10. The quantitative estimate of drug-likeness (QED) is 0.0326. The molecule has 4 aromatic heterocycles. The second kappa shape index (κ2) is 30.5. The van der Waals surface area contributed by atoms with Gasteiger partial charge >= 0.3 is 16.5 Å². The SMILES string of the molecule is COc1ccc(C(=O)N=C=O)cc1.COc1ccc(C(=O)NC(=O)Nc2ccc(C)c(-c3cc4cnc(C)cc4n(C)c3=O)c2)cc1.COc1ccc(C(N)=O)cc1.Cc1cc2c(cn1)cc(-c1cc(N)ccc1C)c(=O)n2C.O=C(Cl)C(=O)Cl. The van der Waals surface area contributed by atoms with Crippen LogP contribution in [-0.4, -0.2) is 80.7 Å². The summed E-state index contributed by atoms with van der Waals surface area (Å²) < 4.78 is 18.1. The van der Waals surface area contributed by atoms with Crippen molar-refractivity contribution in [2.24, 2.45) is 24.8 Å². The highest BCUT2D eigenvalue weighted by Crippen LogP contribution is 2.28. The number of aromatic nitrogens is 4. The lowest BCUT2D eigenvalue weighted by Crippen LogP contribution is -2.34. The number of imide groups is 1. The average molecular weight is 1190 g/mol. The zero-order valence-electron chi connectivity index (χ0n) is 47.4. The Balaban J connectivity index is 0.000000219. The first-order valence-electron chi connectivity index (χ1n) is 25.2. The molecule has 0 bridgehead atoms. The molecule has 85 heavy (non-hydrogen) atoms. The van der Waals surface area contributed by atoms with Crippen LogP contribution in [0.1, 0.15) is 53.6 Å². The van der Waals surface area contributed by atoms with E-state index in [-0.39, 0.29) is 11.1 Å². The second-order valence-electron chi connectivity index (χ2n) is 18.2. The Labute approximate surface area is 496 Å². The Morgan fingerprint density at radius 2 is 0.965 bits per heavy atom. The normalized spacial score (nSPS) is 10.1. The van der Waals surface area contributed by atoms with Gasteiger partial charge in [-0.2, -0.15) is 0 Å². The fourth-order valence-corrected chi connectivity index (χ4v) is 7.91. The van der Waals surface area contributed by atoms with E-state index in [0.29, 0.717) is 56.3 Å². The molecule has 0 radical (unpaired) electrons. The van der Waals surface area contributed by atoms with Gasteiger partial charge in [-0.05, 0) is 194 Å². The number of aliphatic imine (C=N–C) groups is 1. The van der Waals surface area contributed by atoms with Crippen LogP contribution in [0.4, 0.5) is 16.2 Å². The van der Waals surface area contributed by atoms with Crippen molar-refractivity contribution >= 4 is 96.7 Å². The maximum Gasteiger partial charge on any atom is 0.326 e. The number of urea groups is 1. The number of isocyanates is 1. The van der Waals surface area contributed by atoms with Gasteiger partial charge in [-0.25, -0.2) is 9.59 Å². The number of carbonyl (C=O) groups is 6. The van der Waals surface area contributed by atoms with E-state index in [1.54, 1.807) is 116 Å². The number of methoxy groups -OCH3 is 3. The molecule has 21 nitrogen and oxygen atoms in total. The van der Waals surface area contributed by atoms with Crippen LogP contribution in [0, 0.1) is 27.7 Å². The number of pyridine rings is 4. The third kappa shape index (κ3) is 17.9. The lowest BCUT2D eigenvalue weighted by Gasteiger charge is -2.13. The van der Waals surface area contributed by atoms with Gasteiger partial charge in [0.1, 0.15) is 17.2 Å². The Morgan fingerprint density at radius 3 is 1.38 bits per heavy atom. The number of amides is 5. The minimum atomic E-state index is -1.14. The minimum Gasteiger partial charge on any atom is -0.497 e. The van der Waals surface area contributed by atoms with Crippen molar-refractivity contribution in [2.45, 2.75) is 27.7 Å². The van der Waals surface area contributed by atoms with Gasteiger partial charge in [-0.15, -0.1) is 4.99 Å². The Hall–Kier alpha value is -10.6. The molecule has 23 heteroatoms. The zero-order chi connectivity index (χ0) is 62.7. The number of hydrogen-bond donors (Lipinski definition) is 4. The third-order valence-corrected chi connectivity index (χ3v) is 12.9. The van der Waals surface area contributed by atoms with Gasteiger partial charge in [0, 0.05) is 87.8 Å². The Morgan fingerprint density at radius 1 is 0.553 bits per heavy atom. The average Bonchev–Trinajstić information content (AvgIpc) is 3.63. The summed E-state index contributed by atoms with van der Waals surface area (Å²) in [5.74, 6) is 0.407. The second-order valence-corrected chi connectivity index (χ2v) is 18.9. The standard InChI is InChI=1S/C26H24N4O4.C17H17N3O.C9H7NO3.C8H9NO2.C2Cl2O2/c1-15-5-8-19(28-26(33)29-24(31)17-6-9-20(34-4)10-7-17)13-21(15)22-12-18-14-27-16(2)11-23(18)30(3)25(22)32;1-10-4-5-13(18)8-14(10)15-7-12-9-19-11(2)6-16(12)20(3)17(15)21;1-13-8-4-2-7(3-5-8)9(12)10-6-11;1-11-7-4-2-6(3-5-7)8(9)10;3-1(5)2(4)6/h5-14H,1-4H3,(H2,28,29,31,33);4-9H,18H2,1-3H3;2-5H,1H3;2-5H,1H3,(H2,9,10);. The van der Waals surface area contributed by atoms with Crippen molar-refractivity contribution in [1.82, 2.24) is 24.4 Å². The van der Waals surface area contributed by atoms with Crippen LogP contribution in [0.3, 0.4) is 0 Å². The molecule has 0 aliphatic rings. The molecular formula is C62H57Cl2N9O12. The molecular weight excluding hydrogens is 1130 g/mol. The first kappa shape index (κ1) is 65.2. The maximum absolute atomic E-state index is 13.1. The molecule has 0 saturated carbocycles. The van der Waals surface area contributed by atoms with Gasteiger partial charge in [-0.1, -0.05) is 12.1 Å². The van der Waals surface area contributed by atoms with E-state index in [1.807, 2.05) is 76.2 Å². The number of ether oxygens (including phenoxy) is 3. The van der Waals surface area contributed by atoms with Gasteiger partial charge < -0.3 is 40.1 Å². The zero-order valence-corrected chi connectivity index (χ0v) is 48.9. The minimum absolute atomic E-state index is 0.0261. The van der Waals surface area contributed by atoms with E-state index in [1.165, 1.54) is 32.4 Å². The number of hydrogen-bond acceptors (Lipinski definition) is 15. The van der Waals surface area contributed by atoms with Crippen LogP contribution < -0.4 is 47.4 Å². The molecule has 0 spiro atoms. The van der Waals surface area contributed by atoms with Gasteiger partial charge in [0.2, 0.25) is 12.0 Å². The monoisotopic (exact) mass is 1190 g/mol. The van der Waals surface area contributed by atoms with Crippen molar-refractivity contribution in [2.75, 3.05) is 32.4 Å². The molecule has 0 aliphatic carbocycles. The molecule has 5 amide bonds. The largest absolute Gasteiger partial charge is 0.497 e. The fourth-order valence-electron chi connectivity index (χ4n) is 7.91. The van der Waals surface area contributed by atoms with Crippen LogP contribution in [0.25, 0.3) is 44.1 Å². The van der Waals surface area contributed by atoms with Crippen LogP contribution >= 0.6 is 23.2 Å². The van der Waals surface area contributed by atoms with E-state index < -0.39 is 34.2 Å². The molecule has 0 fully saturated rings. The molecule has 436 valence electrons. The smallest absolute Gasteiger partial charge is 0.326 e. The first-order chi connectivity index (χ1) is 40.4.